The number of phenolic OH excluding ortho intramolecular Hbond substituents is 1. The summed E-state index contributed by atoms with van der Waals surface area (Å²) in [6, 6.07) is 1.14. The zero-order chi connectivity index (χ0) is 32.1. The fraction of sp³-hybridized carbons (Fsp3) is 0.370. The minimum absolute atomic E-state index is 0.00852. The van der Waals surface area contributed by atoms with Crippen LogP contribution in [0.2, 0.25) is 0 Å². The lowest BCUT2D eigenvalue weighted by Crippen LogP contribution is -2.58. The number of hydrogen-bond acceptors (Lipinski definition) is 9. The van der Waals surface area contributed by atoms with Gasteiger partial charge in [-0.2, -0.15) is 0 Å². The molecule has 0 spiro atoms. The van der Waals surface area contributed by atoms with Gasteiger partial charge in [0, 0.05) is 49.6 Å². The zero-order valence-corrected chi connectivity index (χ0v) is 23.8. The van der Waals surface area contributed by atoms with E-state index in [1.807, 2.05) is 0 Å². The number of aromatic nitrogens is 4. The molecule has 3 amide bonds. The number of carbonyl (C=O) groups is 4. The third kappa shape index (κ3) is 10.8. The molecule has 0 bridgehead atoms. The number of aliphatic carboxylic acids is 1. The lowest BCUT2D eigenvalue weighted by Gasteiger charge is -2.25. The SMILES string of the molecule is NC(N)=NCCCC(NC(=O)C(N)Cc1cnc[nH]1)C(=O)NC(Cc1cnc[nH]1)C(=O)NC(Cc1ccc(O)cc1)C(=O)O. The lowest BCUT2D eigenvalue weighted by molar-refractivity contribution is -0.142. The number of guanidine groups is 1. The van der Waals surface area contributed by atoms with Gasteiger partial charge in [-0.05, 0) is 30.5 Å². The topological polar surface area (TPSA) is 293 Å². The zero-order valence-electron chi connectivity index (χ0n) is 23.8. The van der Waals surface area contributed by atoms with Crippen molar-refractivity contribution >= 4 is 29.7 Å². The average Bonchev–Trinajstić information content (AvgIpc) is 3.69. The molecule has 0 radical (unpaired) electrons. The first kappa shape index (κ1) is 33.1. The molecule has 3 rings (SSSR count). The Hall–Kier alpha value is -5.45. The van der Waals surface area contributed by atoms with Crippen LogP contribution in [0.3, 0.4) is 0 Å². The summed E-state index contributed by atoms with van der Waals surface area (Å²) in [4.78, 5) is 69.3. The van der Waals surface area contributed by atoms with E-state index in [0.29, 0.717) is 23.4 Å². The number of H-pyrrole nitrogens is 2. The number of aromatic amines is 2. The fourth-order valence-corrected chi connectivity index (χ4v) is 4.22. The van der Waals surface area contributed by atoms with Crippen LogP contribution in [0.5, 0.6) is 5.75 Å². The summed E-state index contributed by atoms with van der Waals surface area (Å²) in [6.45, 7) is 0.178. The highest BCUT2D eigenvalue weighted by atomic mass is 16.4. The second-order valence-electron chi connectivity index (χ2n) is 10.0. The van der Waals surface area contributed by atoms with Crippen molar-refractivity contribution in [2.75, 3.05) is 6.54 Å². The number of hydrogen-bond donors (Lipinski definition) is 10. The number of aromatic hydroxyl groups is 1. The molecule has 236 valence electrons. The van der Waals surface area contributed by atoms with Crippen LogP contribution in [0.4, 0.5) is 0 Å². The van der Waals surface area contributed by atoms with Crippen LogP contribution in [0, 0.1) is 0 Å². The van der Waals surface area contributed by atoms with Crippen molar-refractivity contribution in [3.05, 3.63) is 66.3 Å². The van der Waals surface area contributed by atoms with Gasteiger partial charge in [-0.1, -0.05) is 12.1 Å². The van der Waals surface area contributed by atoms with E-state index in [0.717, 1.165) is 0 Å². The number of nitrogens with one attached hydrogen (secondary N) is 5. The first-order chi connectivity index (χ1) is 21.0. The fourth-order valence-electron chi connectivity index (χ4n) is 4.22. The summed E-state index contributed by atoms with van der Waals surface area (Å²) < 4.78 is 0. The summed E-state index contributed by atoms with van der Waals surface area (Å²) in [5, 5.41) is 27.0. The molecule has 2 aromatic heterocycles. The minimum atomic E-state index is -1.34. The number of nitrogens with two attached hydrogens (primary N) is 3. The smallest absolute Gasteiger partial charge is 0.326 e. The monoisotopic (exact) mass is 611 g/mol. The number of imidazole rings is 2. The number of nitrogens with zero attached hydrogens (tertiary/aromatic N) is 3. The standard InChI is InChI=1S/C27H37N11O6/c28-19(9-16-11-31-13-34-16)23(40)36-20(2-1-7-33-27(29)30)24(41)37-21(10-17-12-32-14-35-17)25(42)38-22(26(43)44)8-15-3-5-18(39)6-4-15/h3-6,11-14,19-22,39H,1-2,7-10,28H2,(H,31,34)(H,32,35)(H,36,40)(H,37,41)(H,38,42)(H,43,44)(H4,29,30,33). The van der Waals surface area contributed by atoms with Gasteiger partial charge in [-0.25, -0.2) is 14.8 Å². The van der Waals surface area contributed by atoms with Crippen molar-refractivity contribution < 1.29 is 29.4 Å². The first-order valence-corrected chi connectivity index (χ1v) is 13.7. The Kier molecular flexibility index (Phi) is 12.2. The van der Waals surface area contributed by atoms with Gasteiger partial charge >= 0.3 is 5.97 Å². The van der Waals surface area contributed by atoms with Gasteiger partial charge in [0.15, 0.2) is 5.96 Å². The van der Waals surface area contributed by atoms with Gasteiger partial charge in [-0.3, -0.25) is 19.4 Å². The number of amides is 3. The van der Waals surface area contributed by atoms with Crippen LogP contribution in [0.25, 0.3) is 0 Å². The first-order valence-electron chi connectivity index (χ1n) is 13.7. The Bertz CT molecular complexity index is 1390. The van der Waals surface area contributed by atoms with Crippen molar-refractivity contribution in [1.82, 2.24) is 35.9 Å². The van der Waals surface area contributed by atoms with E-state index in [9.17, 15) is 29.4 Å². The van der Waals surface area contributed by atoms with Crippen molar-refractivity contribution in [3.63, 3.8) is 0 Å². The normalized spacial score (nSPS) is 13.6. The Labute approximate surface area is 252 Å². The Morgan fingerprint density at radius 1 is 0.818 bits per heavy atom. The molecule has 44 heavy (non-hydrogen) atoms. The number of aliphatic imine (C=N–C) groups is 1. The third-order valence-electron chi connectivity index (χ3n) is 6.51. The molecular formula is C27H37N11O6. The summed E-state index contributed by atoms with van der Waals surface area (Å²) in [6.07, 6.45) is 6.23. The van der Waals surface area contributed by atoms with Crippen LogP contribution >= 0.6 is 0 Å². The predicted octanol–water partition coefficient (Wildman–Crippen LogP) is -2.21. The van der Waals surface area contributed by atoms with Gasteiger partial charge in [0.1, 0.15) is 23.9 Å². The molecule has 17 heteroatoms. The highest BCUT2D eigenvalue weighted by molar-refractivity contribution is 5.94. The molecule has 0 aliphatic rings. The maximum absolute atomic E-state index is 13.5. The van der Waals surface area contributed by atoms with E-state index in [1.165, 1.54) is 49.3 Å². The Morgan fingerprint density at radius 3 is 1.95 bits per heavy atom. The molecule has 13 N–H and O–H groups in total. The molecule has 2 heterocycles. The Balaban J connectivity index is 1.76. The molecule has 0 saturated heterocycles. The lowest BCUT2D eigenvalue weighted by atomic mass is 10.0. The van der Waals surface area contributed by atoms with Crippen LogP contribution in [-0.2, 0) is 38.4 Å². The van der Waals surface area contributed by atoms with Gasteiger partial charge < -0.3 is 53.3 Å². The number of carboxylic acid groups (broad SMARTS) is 1. The minimum Gasteiger partial charge on any atom is -0.508 e. The molecule has 4 unspecified atom stereocenters. The van der Waals surface area contributed by atoms with Gasteiger partial charge in [0.2, 0.25) is 17.7 Å². The molecule has 4 atom stereocenters. The maximum atomic E-state index is 13.5. The molecule has 17 nitrogen and oxygen atoms in total. The second-order valence-corrected chi connectivity index (χ2v) is 10.0. The van der Waals surface area contributed by atoms with E-state index >= 15 is 0 Å². The van der Waals surface area contributed by atoms with E-state index in [-0.39, 0.29) is 43.9 Å². The Morgan fingerprint density at radius 2 is 1.39 bits per heavy atom. The largest absolute Gasteiger partial charge is 0.508 e. The van der Waals surface area contributed by atoms with E-state index in [2.05, 4.69) is 40.9 Å². The van der Waals surface area contributed by atoms with Gasteiger partial charge in [0.05, 0.1) is 18.7 Å². The number of rotatable bonds is 17. The molecule has 3 aromatic rings. The number of benzene rings is 1. The van der Waals surface area contributed by atoms with Crippen molar-refractivity contribution in [2.24, 2.45) is 22.2 Å². The van der Waals surface area contributed by atoms with E-state index < -0.39 is 47.9 Å². The number of carboxylic acids is 1. The molecule has 1 aromatic carbocycles. The molecule has 0 aliphatic carbocycles. The molecular weight excluding hydrogens is 574 g/mol. The number of phenols is 1. The molecule has 0 saturated carbocycles. The van der Waals surface area contributed by atoms with Crippen molar-refractivity contribution in [1.29, 1.82) is 0 Å². The summed E-state index contributed by atoms with van der Waals surface area (Å²) in [5.74, 6) is -3.52. The average molecular weight is 612 g/mol. The highest BCUT2D eigenvalue weighted by Gasteiger charge is 2.31. The highest BCUT2D eigenvalue weighted by Crippen LogP contribution is 2.12. The second kappa shape index (κ2) is 16.3. The van der Waals surface area contributed by atoms with Crippen molar-refractivity contribution in [2.45, 2.75) is 56.3 Å². The summed E-state index contributed by atoms with van der Waals surface area (Å²) in [5.41, 5.74) is 18.5. The summed E-state index contributed by atoms with van der Waals surface area (Å²) >= 11 is 0. The third-order valence-corrected chi connectivity index (χ3v) is 6.51. The summed E-state index contributed by atoms with van der Waals surface area (Å²) in [7, 11) is 0. The molecule has 0 aliphatic heterocycles. The number of carbonyl (C=O) groups excluding carboxylic acids is 3. The van der Waals surface area contributed by atoms with E-state index in [1.54, 1.807) is 0 Å². The van der Waals surface area contributed by atoms with E-state index in [4.69, 9.17) is 17.2 Å². The predicted molar refractivity (Wildman–Crippen MR) is 158 cm³/mol. The van der Waals surface area contributed by atoms with Crippen LogP contribution in [-0.4, -0.2) is 90.5 Å². The maximum Gasteiger partial charge on any atom is 0.326 e. The van der Waals surface area contributed by atoms with Crippen LogP contribution < -0.4 is 33.2 Å². The van der Waals surface area contributed by atoms with Gasteiger partial charge in [-0.15, -0.1) is 0 Å². The van der Waals surface area contributed by atoms with Crippen molar-refractivity contribution in [3.8, 4) is 5.75 Å². The van der Waals surface area contributed by atoms with Gasteiger partial charge in [0.25, 0.3) is 0 Å². The van der Waals surface area contributed by atoms with Crippen LogP contribution in [0.15, 0.2) is 54.3 Å². The van der Waals surface area contributed by atoms with Crippen LogP contribution in [0.1, 0.15) is 29.8 Å². The molecule has 0 fully saturated rings. The quantitative estimate of drug-likeness (QED) is 0.0443.